The first-order chi connectivity index (χ1) is 9.14. The molecule has 0 heterocycles. The van der Waals surface area contributed by atoms with Crippen molar-refractivity contribution >= 4 is 39.1 Å². The molecule has 0 unspecified atom stereocenters. The van der Waals surface area contributed by atoms with E-state index in [0.29, 0.717) is 4.31 Å². The molecule has 1 aromatic rings. The Morgan fingerprint density at radius 3 is 2.10 bits per heavy atom. The number of nitrogens with zero attached hydrogens (tertiary/aromatic N) is 1. The van der Waals surface area contributed by atoms with Crippen LogP contribution >= 0.6 is 11.6 Å². The fourth-order valence-corrected chi connectivity index (χ4v) is 3.20. The molecule has 20 heavy (non-hydrogen) atoms. The van der Waals surface area contributed by atoms with E-state index in [1.807, 2.05) is 0 Å². The zero-order valence-corrected chi connectivity index (χ0v) is 11.8. The SMILES string of the molecule is NC(=O)CN(CC(N)=O)S(=O)(=O)c1cc(Cl)ccc1N. The van der Waals surface area contributed by atoms with Crippen LogP contribution in [0.5, 0.6) is 0 Å². The summed E-state index contributed by atoms with van der Waals surface area (Å²) in [5, 5.41) is 0.135. The minimum atomic E-state index is -4.22. The fourth-order valence-electron chi connectivity index (χ4n) is 1.44. The molecular formula is C10H13ClN4O4S. The Hall–Kier alpha value is -1.84. The minimum absolute atomic E-state index is 0.0756. The van der Waals surface area contributed by atoms with Crippen molar-refractivity contribution in [3.05, 3.63) is 23.2 Å². The van der Waals surface area contributed by atoms with E-state index < -0.39 is 34.9 Å². The topological polar surface area (TPSA) is 150 Å². The summed E-state index contributed by atoms with van der Waals surface area (Å²) in [6, 6.07) is 3.81. The van der Waals surface area contributed by atoms with Gasteiger partial charge in [-0.05, 0) is 18.2 Å². The Bertz CT molecular complexity index is 631. The summed E-state index contributed by atoms with van der Waals surface area (Å²) in [5.41, 5.74) is 15.4. The van der Waals surface area contributed by atoms with Gasteiger partial charge in [-0.2, -0.15) is 4.31 Å². The average molecular weight is 321 g/mol. The molecule has 0 bridgehead atoms. The summed E-state index contributed by atoms with van der Waals surface area (Å²) in [4.78, 5) is 21.5. The molecule has 0 radical (unpaired) electrons. The van der Waals surface area contributed by atoms with Crippen LogP contribution in [-0.4, -0.2) is 37.6 Å². The standard InChI is InChI=1S/C10H13ClN4O4S/c11-6-1-2-7(12)8(3-6)20(18,19)15(4-9(13)16)5-10(14)17/h1-3H,4-5,12H2,(H2,13,16)(H2,14,17). The van der Waals surface area contributed by atoms with Gasteiger partial charge in [0.15, 0.2) is 0 Å². The van der Waals surface area contributed by atoms with Crippen LogP contribution < -0.4 is 17.2 Å². The second kappa shape index (κ2) is 6.07. The molecule has 110 valence electrons. The Labute approximate surface area is 120 Å². The second-order valence-electron chi connectivity index (χ2n) is 3.89. The number of anilines is 1. The van der Waals surface area contributed by atoms with Crippen molar-refractivity contribution in [3.8, 4) is 0 Å². The zero-order chi connectivity index (χ0) is 15.5. The van der Waals surface area contributed by atoms with Gasteiger partial charge in [0, 0.05) is 5.02 Å². The van der Waals surface area contributed by atoms with Crippen LogP contribution in [-0.2, 0) is 19.6 Å². The maximum Gasteiger partial charge on any atom is 0.246 e. The van der Waals surface area contributed by atoms with Crippen molar-refractivity contribution in [1.82, 2.24) is 4.31 Å². The van der Waals surface area contributed by atoms with Gasteiger partial charge >= 0.3 is 0 Å². The number of hydrogen-bond acceptors (Lipinski definition) is 5. The highest BCUT2D eigenvalue weighted by Gasteiger charge is 2.29. The van der Waals surface area contributed by atoms with Crippen LogP contribution in [0.2, 0.25) is 5.02 Å². The molecule has 1 rings (SSSR count). The summed E-state index contributed by atoms with van der Waals surface area (Å²) in [5.74, 6) is -1.87. The Morgan fingerprint density at radius 2 is 1.65 bits per heavy atom. The Balaban J connectivity index is 3.31. The molecule has 0 aliphatic carbocycles. The molecular weight excluding hydrogens is 308 g/mol. The van der Waals surface area contributed by atoms with Gasteiger partial charge in [0.25, 0.3) is 0 Å². The van der Waals surface area contributed by atoms with E-state index in [4.69, 9.17) is 28.8 Å². The van der Waals surface area contributed by atoms with Crippen molar-refractivity contribution in [2.75, 3.05) is 18.8 Å². The molecule has 10 heteroatoms. The van der Waals surface area contributed by atoms with E-state index in [1.165, 1.54) is 12.1 Å². The van der Waals surface area contributed by atoms with Crippen molar-refractivity contribution in [2.45, 2.75) is 4.90 Å². The first kappa shape index (κ1) is 16.2. The third-order valence-electron chi connectivity index (χ3n) is 2.26. The third kappa shape index (κ3) is 3.83. The number of amides is 2. The fraction of sp³-hybridized carbons (Fsp3) is 0.200. The van der Waals surface area contributed by atoms with Crippen LogP contribution in [0.15, 0.2) is 23.1 Å². The molecule has 0 aliphatic rings. The van der Waals surface area contributed by atoms with Gasteiger partial charge in [-0.1, -0.05) is 11.6 Å². The second-order valence-corrected chi connectivity index (χ2v) is 6.23. The molecule has 2 amide bonds. The number of sulfonamides is 1. The van der Waals surface area contributed by atoms with E-state index in [-0.39, 0.29) is 15.6 Å². The summed E-state index contributed by atoms with van der Waals surface area (Å²) in [6.45, 7) is -1.39. The molecule has 0 aliphatic heterocycles. The van der Waals surface area contributed by atoms with Gasteiger partial charge in [0.1, 0.15) is 4.90 Å². The van der Waals surface area contributed by atoms with Gasteiger partial charge in [-0.3, -0.25) is 9.59 Å². The lowest BCUT2D eigenvalue weighted by Crippen LogP contribution is -2.43. The number of hydrogen-bond donors (Lipinski definition) is 3. The van der Waals surface area contributed by atoms with Crippen molar-refractivity contribution in [3.63, 3.8) is 0 Å². The number of carbonyl (C=O) groups excluding carboxylic acids is 2. The number of halogens is 1. The van der Waals surface area contributed by atoms with Gasteiger partial charge in [-0.25, -0.2) is 8.42 Å². The smallest absolute Gasteiger partial charge is 0.246 e. The van der Waals surface area contributed by atoms with Crippen LogP contribution in [0.3, 0.4) is 0 Å². The molecule has 0 fully saturated rings. The van der Waals surface area contributed by atoms with Crippen molar-refractivity contribution in [1.29, 1.82) is 0 Å². The molecule has 0 saturated carbocycles. The first-order valence-electron chi connectivity index (χ1n) is 5.26. The van der Waals surface area contributed by atoms with E-state index in [2.05, 4.69) is 0 Å². The van der Waals surface area contributed by atoms with Crippen molar-refractivity contribution < 1.29 is 18.0 Å². The maximum absolute atomic E-state index is 12.3. The molecule has 8 nitrogen and oxygen atoms in total. The quantitative estimate of drug-likeness (QED) is 0.567. The summed E-state index contributed by atoms with van der Waals surface area (Å²) in [6.07, 6.45) is 0. The van der Waals surface area contributed by atoms with Gasteiger partial charge in [0.2, 0.25) is 21.8 Å². The number of primary amides is 2. The predicted octanol–water partition coefficient (Wildman–Crippen LogP) is -1.12. The predicted molar refractivity (Wildman–Crippen MR) is 73.0 cm³/mol. The first-order valence-corrected chi connectivity index (χ1v) is 7.08. The van der Waals surface area contributed by atoms with Gasteiger partial charge in [-0.15, -0.1) is 0 Å². The largest absolute Gasteiger partial charge is 0.398 e. The van der Waals surface area contributed by atoms with Crippen molar-refractivity contribution in [2.24, 2.45) is 11.5 Å². The number of nitrogens with two attached hydrogens (primary N) is 3. The lowest BCUT2D eigenvalue weighted by atomic mass is 10.3. The zero-order valence-electron chi connectivity index (χ0n) is 10.2. The Kier molecular flexibility index (Phi) is 4.93. The molecule has 0 spiro atoms. The highest BCUT2D eigenvalue weighted by molar-refractivity contribution is 7.89. The number of nitrogen functional groups attached to an aromatic ring is 1. The average Bonchev–Trinajstić information content (AvgIpc) is 2.30. The number of benzene rings is 1. The minimum Gasteiger partial charge on any atom is -0.398 e. The van der Waals surface area contributed by atoms with E-state index in [9.17, 15) is 18.0 Å². The molecule has 0 saturated heterocycles. The van der Waals surface area contributed by atoms with Gasteiger partial charge in [0.05, 0.1) is 18.8 Å². The van der Waals surface area contributed by atoms with Crippen LogP contribution in [0.1, 0.15) is 0 Å². The van der Waals surface area contributed by atoms with E-state index >= 15 is 0 Å². The molecule has 6 N–H and O–H groups in total. The summed E-state index contributed by atoms with van der Waals surface area (Å²) >= 11 is 5.72. The highest BCUT2D eigenvalue weighted by atomic mass is 35.5. The normalized spacial score (nSPS) is 11.5. The maximum atomic E-state index is 12.3. The highest BCUT2D eigenvalue weighted by Crippen LogP contribution is 2.25. The summed E-state index contributed by atoms with van der Waals surface area (Å²) < 4.78 is 25.2. The van der Waals surface area contributed by atoms with Crippen LogP contribution in [0.25, 0.3) is 0 Å². The van der Waals surface area contributed by atoms with Crippen LogP contribution in [0.4, 0.5) is 5.69 Å². The lowest BCUT2D eigenvalue weighted by Gasteiger charge is -2.20. The lowest BCUT2D eigenvalue weighted by molar-refractivity contribution is -0.120. The van der Waals surface area contributed by atoms with E-state index in [0.717, 1.165) is 6.07 Å². The molecule has 0 atom stereocenters. The van der Waals surface area contributed by atoms with Gasteiger partial charge < -0.3 is 17.2 Å². The Morgan fingerprint density at radius 1 is 1.15 bits per heavy atom. The molecule has 0 aromatic heterocycles. The third-order valence-corrected chi connectivity index (χ3v) is 4.34. The number of rotatable bonds is 6. The van der Waals surface area contributed by atoms with E-state index in [1.54, 1.807) is 0 Å². The monoisotopic (exact) mass is 320 g/mol. The molecule has 1 aromatic carbocycles. The van der Waals surface area contributed by atoms with Crippen LogP contribution in [0, 0.1) is 0 Å². The number of carbonyl (C=O) groups is 2. The summed E-state index contributed by atoms with van der Waals surface area (Å²) in [7, 11) is -4.22.